The highest BCUT2D eigenvalue weighted by Gasteiger charge is 2.32. The van der Waals surface area contributed by atoms with E-state index in [0.717, 1.165) is 44.9 Å². The predicted octanol–water partition coefficient (Wildman–Crippen LogP) is 2.38. The van der Waals surface area contributed by atoms with Gasteiger partial charge in [0.25, 0.3) is 0 Å². The van der Waals surface area contributed by atoms with E-state index in [0.29, 0.717) is 18.9 Å². The maximum Gasteiger partial charge on any atom is 0.416 e. The number of benzene rings is 1. The second kappa shape index (κ2) is 9.48. The minimum atomic E-state index is -4.44. The molecule has 4 rings (SSSR count). The molecular formula is C21H25F3N6O3. The van der Waals surface area contributed by atoms with E-state index in [4.69, 9.17) is 4.52 Å². The van der Waals surface area contributed by atoms with Crippen LogP contribution in [-0.2, 0) is 11.0 Å². The summed E-state index contributed by atoms with van der Waals surface area (Å²) in [6, 6.07) is 4.35. The number of carbonyl (C=O) groups is 2. The van der Waals surface area contributed by atoms with Crippen molar-refractivity contribution in [3.63, 3.8) is 0 Å². The van der Waals surface area contributed by atoms with Crippen LogP contribution in [0, 0.1) is 0 Å². The zero-order chi connectivity index (χ0) is 23.6. The van der Waals surface area contributed by atoms with Gasteiger partial charge in [-0.1, -0.05) is 17.3 Å². The van der Waals surface area contributed by atoms with Crippen molar-refractivity contribution in [2.45, 2.75) is 25.6 Å². The Balaban J connectivity index is 1.28. The van der Waals surface area contributed by atoms with Gasteiger partial charge < -0.3 is 14.7 Å². The van der Waals surface area contributed by atoms with E-state index in [1.54, 1.807) is 0 Å². The van der Waals surface area contributed by atoms with Gasteiger partial charge in [-0.25, -0.2) is 4.79 Å². The Morgan fingerprint density at radius 1 is 1.15 bits per heavy atom. The SMILES string of the molecule is CC(c1nc(-c2cccc(C(F)(F)F)c2)no1)N1CCN(CCCN2C(=O)CNC2=O)CC1. The predicted molar refractivity (Wildman–Crippen MR) is 111 cm³/mol. The van der Waals surface area contributed by atoms with Crippen molar-refractivity contribution in [1.29, 1.82) is 0 Å². The Bertz CT molecular complexity index is 987. The van der Waals surface area contributed by atoms with Crippen molar-refractivity contribution in [3.05, 3.63) is 35.7 Å². The molecule has 178 valence electrons. The summed E-state index contributed by atoms with van der Waals surface area (Å²) in [7, 11) is 0. The van der Waals surface area contributed by atoms with E-state index in [2.05, 4.69) is 25.3 Å². The number of halogens is 3. The van der Waals surface area contributed by atoms with Gasteiger partial charge in [-0.15, -0.1) is 0 Å². The van der Waals surface area contributed by atoms with Crippen molar-refractivity contribution in [2.24, 2.45) is 0 Å². The normalized spacial score (nSPS) is 19.2. The van der Waals surface area contributed by atoms with E-state index >= 15 is 0 Å². The third-order valence-corrected chi connectivity index (χ3v) is 5.99. The molecule has 0 spiro atoms. The molecular weight excluding hydrogens is 441 g/mol. The van der Waals surface area contributed by atoms with Crippen molar-refractivity contribution in [2.75, 3.05) is 45.8 Å². The van der Waals surface area contributed by atoms with Gasteiger partial charge in [0, 0.05) is 38.3 Å². The van der Waals surface area contributed by atoms with Crippen LogP contribution in [0.2, 0.25) is 0 Å². The number of hydrogen-bond donors (Lipinski definition) is 1. The van der Waals surface area contributed by atoms with E-state index < -0.39 is 11.7 Å². The molecule has 1 unspecified atom stereocenters. The fraction of sp³-hybridized carbons (Fsp3) is 0.524. The second-order valence-electron chi connectivity index (χ2n) is 8.15. The Hall–Kier alpha value is -2.99. The van der Waals surface area contributed by atoms with Gasteiger partial charge in [-0.05, 0) is 32.0 Å². The maximum absolute atomic E-state index is 13.0. The van der Waals surface area contributed by atoms with Crippen LogP contribution >= 0.6 is 0 Å². The summed E-state index contributed by atoms with van der Waals surface area (Å²) in [5, 5.41) is 6.39. The topological polar surface area (TPSA) is 94.8 Å². The Kier molecular flexibility index (Phi) is 6.66. The highest BCUT2D eigenvalue weighted by Crippen LogP contribution is 2.32. The van der Waals surface area contributed by atoms with Crippen molar-refractivity contribution in [3.8, 4) is 11.4 Å². The van der Waals surface area contributed by atoms with E-state index in [1.165, 1.54) is 17.0 Å². The standard InChI is InChI=1S/C21H25F3N6O3/c1-14(19-26-18(27-33-19)15-4-2-5-16(12-15)21(22,23)24)29-10-8-28(9-11-29)6-3-7-30-17(31)13-25-20(30)32/h2,4-5,12,14H,3,6-11,13H2,1H3,(H,25,32). The smallest absolute Gasteiger partial charge is 0.337 e. The number of urea groups is 1. The monoisotopic (exact) mass is 466 g/mol. The quantitative estimate of drug-likeness (QED) is 0.626. The minimum absolute atomic E-state index is 0.0700. The molecule has 3 amide bonds. The lowest BCUT2D eigenvalue weighted by molar-refractivity contribution is -0.137. The summed E-state index contributed by atoms with van der Waals surface area (Å²) in [5.41, 5.74) is -0.507. The number of alkyl halides is 3. The average molecular weight is 466 g/mol. The summed E-state index contributed by atoms with van der Waals surface area (Å²) >= 11 is 0. The number of aromatic nitrogens is 2. The molecule has 2 fully saturated rings. The second-order valence-corrected chi connectivity index (χ2v) is 8.15. The molecule has 1 atom stereocenters. The number of rotatable bonds is 7. The van der Waals surface area contributed by atoms with Crippen LogP contribution < -0.4 is 5.32 Å². The van der Waals surface area contributed by atoms with Gasteiger partial charge >= 0.3 is 12.2 Å². The molecule has 0 radical (unpaired) electrons. The van der Waals surface area contributed by atoms with Crippen LogP contribution in [0.25, 0.3) is 11.4 Å². The first kappa shape index (κ1) is 23.2. The first-order chi connectivity index (χ1) is 15.7. The number of amides is 3. The fourth-order valence-electron chi connectivity index (χ4n) is 4.02. The van der Waals surface area contributed by atoms with E-state index in [1.807, 2.05) is 6.92 Å². The average Bonchev–Trinajstić information content (AvgIpc) is 3.41. The maximum atomic E-state index is 13.0. The minimum Gasteiger partial charge on any atom is -0.337 e. The van der Waals surface area contributed by atoms with Gasteiger partial charge in [0.05, 0.1) is 18.2 Å². The van der Waals surface area contributed by atoms with Gasteiger partial charge in [-0.3, -0.25) is 14.6 Å². The number of carbonyl (C=O) groups excluding carboxylic acids is 2. The molecule has 1 aromatic heterocycles. The number of nitrogens with one attached hydrogen (secondary N) is 1. The number of piperazine rings is 1. The van der Waals surface area contributed by atoms with Crippen LogP contribution in [0.4, 0.5) is 18.0 Å². The highest BCUT2D eigenvalue weighted by molar-refractivity contribution is 6.01. The molecule has 33 heavy (non-hydrogen) atoms. The third-order valence-electron chi connectivity index (χ3n) is 5.99. The molecule has 2 saturated heterocycles. The van der Waals surface area contributed by atoms with Gasteiger partial charge in [0.15, 0.2) is 0 Å². The van der Waals surface area contributed by atoms with Gasteiger partial charge in [-0.2, -0.15) is 18.2 Å². The molecule has 2 aliphatic rings. The lowest BCUT2D eigenvalue weighted by atomic mass is 10.1. The molecule has 9 nitrogen and oxygen atoms in total. The van der Waals surface area contributed by atoms with Crippen LogP contribution in [0.5, 0.6) is 0 Å². The number of nitrogens with zero attached hydrogens (tertiary/aromatic N) is 5. The van der Waals surface area contributed by atoms with Crippen LogP contribution in [-0.4, -0.2) is 82.6 Å². The molecule has 0 saturated carbocycles. The molecule has 0 aliphatic carbocycles. The Labute approximate surface area is 188 Å². The molecule has 1 N–H and O–H groups in total. The van der Waals surface area contributed by atoms with E-state index in [-0.39, 0.29) is 35.9 Å². The molecule has 2 aliphatic heterocycles. The lowest BCUT2D eigenvalue weighted by Crippen LogP contribution is -2.47. The molecule has 1 aromatic carbocycles. The van der Waals surface area contributed by atoms with Crippen molar-refractivity contribution >= 4 is 11.9 Å². The van der Waals surface area contributed by atoms with Gasteiger partial charge in [0.2, 0.25) is 17.6 Å². The van der Waals surface area contributed by atoms with E-state index in [9.17, 15) is 22.8 Å². The zero-order valence-electron chi connectivity index (χ0n) is 18.1. The fourth-order valence-corrected chi connectivity index (χ4v) is 4.02. The molecule has 3 heterocycles. The van der Waals surface area contributed by atoms with Crippen LogP contribution in [0.15, 0.2) is 28.8 Å². The largest absolute Gasteiger partial charge is 0.416 e. The Morgan fingerprint density at radius 2 is 1.91 bits per heavy atom. The van der Waals surface area contributed by atoms with Crippen LogP contribution in [0.1, 0.15) is 30.8 Å². The summed E-state index contributed by atoms with van der Waals surface area (Å²) in [6.07, 6.45) is -3.73. The molecule has 2 aromatic rings. The van der Waals surface area contributed by atoms with Crippen molar-refractivity contribution < 1.29 is 27.3 Å². The zero-order valence-corrected chi connectivity index (χ0v) is 18.1. The number of hydrogen-bond acceptors (Lipinski definition) is 7. The summed E-state index contributed by atoms with van der Waals surface area (Å²) in [4.78, 5) is 33.2. The lowest BCUT2D eigenvalue weighted by Gasteiger charge is -2.36. The third kappa shape index (κ3) is 5.33. The summed E-state index contributed by atoms with van der Waals surface area (Å²) in [6.45, 7) is 6.30. The van der Waals surface area contributed by atoms with Crippen LogP contribution in [0.3, 0.4) is 0 Å². The summed E-state index contributed by atoms with van der Waals surface area (Å²) < 4.78 is 44.3. The molecule has 0 bridgehead atoms. The highest BCUT2D eigenvalue weighted by atomic mass is 19.4. The van der Waals surface area contributed by atoms with Gasteiger partial charge in [0.1, 0.15) is 0 Å². The van der Waals surface area contributed by atoms with Crippen molar-refractivity contribution in [1.82, 2.24) is 30.2 Å². The number of imide groups is 1. The first-order valence-electron chi connectivity index (χ1n) is 10.8. The molecule has 12 heteroatoms. The Morgan fingerprint density at radius 3 is 2.58 bits per heavy atom. The summed E-state index contributed by atoms with van der Waals surface area (Å²) in [5.74, 6) is 0.291. The first-order valence-corrected chi connectivity index (χ1v) is 10.8.